The van der Waals surface area contributed by atoms with Gasteiger partial charge in [0.25, 0.3) is 0 Å². The second-order valence-corrected chi connectivity index (χ2v) is 3.87. The van der Waals surface area contributed by atoms with Crippen LogP contribution >= 0.6 is 0 Å². The van der Waals surface area contributed by atoms with Crippen LogP contribution < -0.4 is 4.74 Å². The maximum Gasteiger partial charge on any atom is 0.138 e. The summed E-state index contributed by atoms with van der Waals surface area (Å²) in [4.78, 5) is 0. The molecule has 0 unspecified atom stereocenters. The first kappa shape index (κ1) is 11.0. The maximum absolute atomic E-state index is 8.66. The van der Waals surface area contributed by atoms with Gasteiger partial charge in [-0.2, -0.15) is 0 Å². The van der Waals surface area contributed by atoms with Crippen LogP contribution in [0.3, 0.4) is 0 Å². The molecule has 16 heavy (non-hydrogen) atoms. The normalized spacial score (nSPS) is 13.3. The molecule has 0 atom stereocenters. The van der Waals surface area contributed by atoms with Crippen molar-refractivity contribution in [3.8, 4) is 17.6 Å². The number of aryl methyl sites for hydroxylation is 1. The molecule has 1 N–H and O–H groups in total. The first-order valence-electron chi connectivity index (χ1n) is 5.76. The molecule has 2 rings (SSSR count). The molecule has 0 saturated carbocycles. The molecule has 0 radical (unpaired) electrons. The van der Waals surface area contributed by atoms with E-state index in [1.165, 1.54) is 5.56 Å². The zero-order valence-electron chi connectivity index (χ0n) is 9.33. The summed E-state index contributed by atoms with van der Waals surface area (Å²) >= 11 is 0. The predicted molar refractivity (Wildman–Crippen MR) is 63.5 cm³/mol. The third-order valence-electron chi connectivity index (χ3n) is 2.62. The van der Waals surface area contributed by atoms with Gasteiger partial charge >= 0.3 is 0 Å². The molecule has 2 nitrogen and oxygen atoms in total. The Kier molecular flexibility index (Phi) is 3.85. The van der Waals surface area contributed by atoms with Crippen LogP contribution in [0, 0.1) is 11.8 Å². The topological polar surface area (TPSA) is 29.5 Å². The number of aliphatic hydroxyl groups excluding tert-OH is 1. The Balaban J connectivity index is 2.16. The third kappa shape index (κ3) is 2.56. The van der Waals surface area contributed by atoms with Gasteiger partial charge in [-0.05, 0) is 30.9 Å². The van der Waals surface area contributed by atoms with Crippen LogP contribution in [0.1, 0.15) is 30.4 Å². The van der Waals surface area contributed by atoms with Crippen LogP contribution in [-0.4, -0.2) is 18.3 Å². The van der Waals surface area contributed by atoms with Crippen molar-refractivity contribution in [2.45, 2.75) is 25.7 Å². The standard InChI is InChI=1S/C14H16O2/c15-10-3-1-2-6-12-7-4-8-13-9-5-11-16-14(12)13/h4,7-8,15H,1,3,5,9-11H2. The molecule has 0 aromatic heterocycles. The zero-order chi connectivity index (χ0) is 11.2. The molecule has 0 fully saturated rings. The van der Waals surface area contributed by atoms with E-state index in [9.17, 15) is 0 Å². The molecule has 0 spiro atoms. The molecule has 1 aliphatic rings. The van der Waals surface area contributed by atoms with E-state index in [0.29, 0.717) is 0 Å². The molecule has 1 aromatic rings. The van der Waals surface area contributed by atoms with E-state index in [1.807, 2.05) is 12.1 Å². The highest BCUT2D eigenvalue weighted by Gasteiger charge is 2.12. The number of benzene rings is 1. The van der Waals surface area contributed by atoms with Gasteiger partial charge in [-0.15, -0.1) is 0 Å². The number of aliphatic hydroxyl groups is 1. The lowest BCUT2D eigenvalue weighted by Crippen LogP contribution is -2.09. The fourth-order valence-corrected chi connectivity index (χ4v) is 1.81. The first-order valence-corrected chi connectivity index (χ1v) is 5.76. The number of para-hydroxylation sites is 1. The van der Waals surface area contributed by atoms with Crippen LogP contribution in [0.4, 0.5) is 0 Å². The highest BCUT2D eigenvalue weighted by atomic mass is 16.5. The quantitative estimate of drug-likeness (QED) is 0.606. The molecule has 0 saturated heterocycles. The Bertz CT molecular complexity index is 412. The van der Waals surface area contributed by atoms with Gasteiger partial charge in [0.1, 0.15) is 5.75 Å². The number of hydrogen-bond donors (Lipinski definition) is 1. The number of hydrogen-bond acceptors (Lipinski definition) is 2. The highest BCUT2D eigenvalue weighted by molar-refractivity contribution is 5.51. The van der Waals surface area contributed by atoms with Gasteiger partial charge in [-0.3, -0.25) is 0 Å². The van der Waals surface area contributed by atoms with Crippen LogP contribution in [0.25, 0.3) is 0 Å². The van der Waals surface area contributed by atoms with Crippen molar-refractivity contribution in [1.29, 1.82) is 0 Å². The molecule has 1 heterocycles. The van der Waals surface area contributed by atoms with E-state index in [4.69, 9.17) is 9.84 Å². The molecule has 84 valence electrons. The van der Waals surface area contributed by atoms with Crippen LogP contribution in [0.5, 0.6) is 5.75 Å². The summed E-state index contributed by atoms with van der Waals surface area (Å²) in [6.45, 7) is 1.00. The summed E-state index contributed by atoms with van der Waals surface area (Å²) < 4.78 is 5.66. The molecule has 1 aromatic carbocycles. The number of unbranched alkanes of at least 4 members (excludes halogenated alkanes) is 1. The second-order valence-electron chi connectivity index (χ2n) is 3.87. The molecular formula is C14H16O2. The van der Waals surface area contributed by atoms with Gasteiger partial charge in [0.05, 0.1) is 12.2 Å². The average molecular weight is 216 g/mol. The van der Waals surface area contributed by atoms with E-state index < -0.39 is 0 Å². The first-order chi connectivity index (χ1) is 7.92. The smallest absolute Gasteiger partial charge is 0.138 e. The average Bonchev–Trinajstić information content (AvgIpc) is 2.35. The lowest BCUT2D eigenvalue weighted by molar-refractivity contribution is 0.287. The van der Waals surface area contributed by atoms with Crippen LogP contribution in [-0.2, 0) is 6.42 Å². The Morgan fingerprint density at radius 1 is 1.38 bits per heavy atom. The van der Waals surface area contributed by atoms with E-state index in [2.05, 4.69) is 17.9 Å². The van der Waals surface area contributed by atoms with E-state index in [-0.39, 0.29) is 6.61 Å². The van der Waals surface area contributed by atoms with Gasteiger partial charge in [0.2, 0.25) is 0 Å². The van der Waals surface area contributed by atoms with Gasteiger partial charge in [-0.25, -0.2) is 0 Å². The van der Waals surface area contributed by atoms with Gasteiger partial charge in [-0.1, -0.05) is 24.0 Å². The summed E-state index contributed by atoms with van der Waals surface area (Å²) in [5.74, 6) is 7.15. The molecule has 2 heteroatoms. The van der Waals surface area contributed by atoms with Crippen molar-refractivity contribution in [2.75, 3.05) is 13.2 Å². The lowest BCUT2D eigenvalue weighted by Gasteiger charge is -2.18. The SMILES string of the molecule is OCCCC#Cc1cccc2c1OCCC2. The van der Waals surface area contributed by atoms with Crippen molar-refractivity contribution in [2.24, 2.45) is 0 Å². The van der Waals surface area contributed by atoms with Gasteiger partial charge < -0.3 is 9.84 Å². The summed E-state index contributed by atoms with van der Waals surface area (Å²) in [5.41, 5.74) is 2.25. The van der Waals surface area contributed by atoms with Crippen LogP contribution in [0.2, 0.25) is 0 Å². The third-order valence-corrected chi connectivity index (χ3v) is 2.62. The summed E-state index contributed by atoms with van der Waals surface area (Å²) in [5, 5.41) is 8.66. The van der Waals surface area contributed by atoms with Gasteiger partial charge in [0.15, 0.2) is 0 Å². The molecule has 0 bridgehead atoms. The van der Waals surface area contributed by atoms with Crippen LogP contribution in [0.15, 0.2) is 18.2 Å². The van der Waals surface area contributed by atoms with Gasteiger partial charge in [0, 0.05) is 13.0 Å². The van der Waals surface area contributed by atoms with E-state index in [1.54, 1.807) is 0 Å². The number of rotatable bonds is 2. The summed E-state index contributed by atoms with van der Waals surface area (Å²) in [6.07, 6.45) is 3.65. The Morgan fingerprint density at radius 3 is 3.19 bits per heavy atom. The molecule has 0 aliphatic carbocycles. The van der Waals surface area contributed by atoms with Crippen molar-refractivity contribution in [1.82, 2.24) is 0 Å². The van der Waals surface area contributed by atoms with Crippen molar-refractivity contribution >= 4 is 0 Å². The van der Waals surface area contributed by atoms with Crippen molar-refractivity contribution in [3.05, 3.63) is 29.3 Å². The minimum atomic E-state index is 0.206. The summed E-state index contributed by atoms with van der Waals surface area (Å²) in [6, 6.07) is 6.13. The fourth-order valence-electron chi connectivity index (χ4n) is 1.81. The Morgan fingerprint density at radius 2 is 2.31 bits per heavy atom. The van der Waals surface area contributed by atoms with E-state index in [0.717, 1.165) is 43.6 Å². The van der Waals surface area contributed by atoms with Crippen molar-refractivity contribution in [3.63, 3.8) is 0 Å². The summed E-state index contributed by atoms with van der Waals surface area (Å²) in [7, 11) is 0. The Hall–Kier alpha value is -1.46. The maximum atomic E-state index is 8.66. The monoisotopic (exact) mass is 216 g/mol. The molecule has 1 aliphatic heterocycles. The molecular weight excluding hydrogens is 200 g/mol. The predicted octanol–water partition coefficient (Wildman–Crippen LogP) is 2.14. The highest BCUT2D eigenvalue weighted by Crippen LogP contribution is 2.28. The number of ether oxygens (including phenoxy) is 1. The number of fused-ring (bicyclic) bond motifs is 1. The second kappa shape index (κ2) is 5.58. The van der Waals surface area contributed by atoms with Crippen molar-refractivity contribution < 1.29 is 9.84 Å². The van der Waals surface area contributed by atoms with E-state index >= 15 is 0 Å². The Labute approximate surface area is 96.3 Å². The zero-order valence-corrected chi connectivity index (χ0v) is 9.33. The lowest BCUT2D eigenvalue weighted by atomic mass is 10.0. The largest absolute Gasteiger partial charge is 0.492 e. The minimum Gasteiger partial charge on any atom is -0.492 e. The molecule has 0 amide bonds. The fraction of sp³-hybridized carbons (Fsp3) is 0.429. The minimum absolute atomic E-state index is 0.206.